The molecule has 0 spiro atoms. The number of rotatable bonds is 7. The lowest BCUT2D eigenvalue weighted by Crippen LogP contribution is -2.42. The van der Waals surface area contributed by atoms with Crippen LogP contribution in [-0.2, 0) is 14.8 Å². The van der Waals surface area contributed by atoms with Crippen LogP contribution in [0.4, 0.5) is 0 Å². The lowest BCUT2D eigenvalue weighted by molar-refractivity contribution is 0.0929. The van der Waals surface area contributed by atoms with Crippen molar-refractivity contribution in [3.63, 3.8) is 0 Å². The van der Waals surface area contributed by atoms with Gasteiger partial charge in [0.1, 0.15) is 0 Å². The number of benzene rings is 1. The molecule has 1 aromatic carbocycles. The molecular formula is C15H23N3O4S. The Morgan fingerprint density at radius 1 is 1.26 bits per heavy atom. The summed E-state index contributed by atoms with van der Waals surface area (Å²) >= 11 is 0. The number of amides is 1. The second-order valence-corrected chi connectivity index (χ2v) is 7.18. The Morgan fingerprint density at radius 3 is 2.52 bits per heavy atom. The number of ether oxygens (including phenoxy) is 1. The highest BCUT2D eigenvalue weighted by Crippen LogP contribution is 2.11. The molecule has 0 aromatic heterocycles. The van der Waals surface area contributed by atoms with Gasteiger partial charge in [-0.05, 0) is 50.2 Å². The van der Waals surface area contributed by atoms with Gasteiger partial charge in [0.2, 0.25) is 10.0 Å². The maximum absolute atomic E-state index is 12.2. The van der Waals surface area contributed by atoms with Crippen LogP contribution in [0.25, 0.3) is 0 Å². The summed E-state index contributed by atoms with van der Waals surface area (Å²) in [6, 6.07) is 6.10. The van der Waals surface area contributed by atoms with Crippen molar-refractivity contribution < 1.29 is 17.9 Å². The van der Waals surface area contributed by atoms with E-state index in [1.807, 2.05) is 0 Å². The molecule has 7 nitrogen and oxygen atoms in total. The largest absolute Gasteiger partial charge is 0.383 e. The molecule has 1 fully saturated rings. The lowest BCUT2D eigenvalue weighted by atomic mass is 10.1. The average Bonchev–Trinajstić information content (AvgIpc) is 2.56. The highest BCUT2D eigenvalue weighted by molar-refractivity contribution is 7.89. The zero-order valence-electron chi connectivity index (χ0n) is 13.2. The third-order valence-corrected chi connectivity index (χ3v) is 5.18. The van der Waals surface area contributed by atoms with Crippen molar-refractivity contribution >= 4 is 15.9 Å². The van der Waals surface area contributed by atoms with Crippen molar-refractivity contribution in [2.75, 3.05) is 33.4 Å². The molecule has 1 aliphatic heterocycles. The minimum atomic E-state index is -3.57. The molecule has 1 aliphatic rings. The number of sulfonamides is 1. The van der Waals surface area contributed by atoms with Crippen LogP contribution in [0.2, 0.25) is 0 Å². The lowest BCUT2D eigenvalue weighted by Gasteiger charge is -2.23. The highest BCUT2D eigenvalue weighted by atomic mass is 32.2. The molecule has 1 amide bonds. The number of piperidine rings is 1. The zero-order valence-corrected chi connectivity index (χ0v) is 14.0. The zero-order chi connectivity index (χ0) is 16.7. The molecule has 0 saturated carbocycles. The Bertz CT molecular complexity index is 610. The van der Waals surface area contributed by atoms with E-state index in [9.17, 15) is 13.2 Å². The Morgan fingerprint density at radius 2 is 1.91 bits per heavy atom. The normalized spacial score (nSPS) is 16.2. The first-order valence-corrected chi connectivity index (χ1v) is 9.11. The Kier molecular flexibility index (Phi) is 6.52. The van der Waals surface area contributed by atoms with E-state index in [1.165, 1.54) is 31.4 Å². The molecule has 8 heteroatoms. The van der Waals surface area contributed by atoms with Crippen LogP contribution in [0.1, 0.15) is 23.2 Å². The van der Waals surface area contributed by atoms with E-state index >= 15 is 0 Å². The van der Waals surface area contributed by atoms with Crippen LogP contribution in [0.15, 0.2) is 29.2 Å². The minimum Gasteiger partial charge on any atom is -0.383 e. The smallest absolute Gasteiger partial charge is 0.251 e. The second kappa shape index (κ2) is 8.39. The molecule has 1 aromatic rings. The number of hydrogen-bond acceptors (Lipinski definition) is 5. The van der Waals surface area contributed by atoms with Crippen molar-refractivity contribution in [3.05, 3.63) is 29.8 Å². The molecule has 1 heterocycles. The van der Waals surface area contributed by atoms with Gasteiger partial charge in [0.15, 0.2) is 0 Å². The van der Waals surface area contributed by atoms with Gasteiger partial charge in [-0.3, -0.25) is 4.79 Å². The molecule has 128 valence electrons. The van der Waals surface area contributed by atoms with Gasteiger partial charge >= 0.3 is 0 Å². The summed E-state index contributed by atoms with van der Waals surface area (Å²) in [7, 11) is -2.07. The molecule has 3 N–H and O–H groups in total. The van der Waals surface area contributed by atoms with E-state index in [2.05, 4.69) is 15.4 Å². The van der Waals surface area contributed by atoms with E-state index in [4.69, 9.17) is 4.74 Å². The van der Waals surface area contributed by atoms with Gasteiger partial charge in [0.05, 0.1) is 11.5 Å². The number of carbonyl (C=O) groups excluding carboxylic acids is 1. The SMILES string of the molecule is COCCNS(=O)(=O)c1ccc(C(=O)NC2CCNCC2)cc1. The number of methoxy groups -OCH3 is 1. The van der Waals surface area contributed by atoms with Crippen LogP contribution >= 0.6 is 0 Å². The van der Waals surface area contributed by atoms with Gasteiger partial charge in [0, 0.05) is 25.3 Å². The van der Waals surface area contributed by atoms with E-state index in [-0.39, 0.29) is 23.4 Å². The highest BCUT2D eigenvalue weighted by Gasteiger charge is 2.18. The van der Waals surface area contributed by atoms with Crippen LogP contribution in [0, 0.1) is 0 Å². The van der Waals surface area contributed by atoms with Gasteiger partial charge in [-0.25, -0.2) is 13.1 Å². The van der Waals surface area contributed by atoms with Crippen LogP contribution < -0.4 is 15.4 Å². The van der Waals surface area contributed by atoms with E-state index < -0.39 is 10.0 Å². The third kappa shape index (κ3) is 5.28. The number of hydrogen-bond donors (Lipinski definition) is 3. The second-order valence-electron chi connectivity index (χ2n) is 5.41. The van der Waals surface area contributed by atoms with Crippen molar-refractivity contribution in [3.8, 4) is 0 Å². The van der Waals surface area contributed by atoms with Crippen molar-refractivity contribution in [2.24, 2.45) is 0 Å². The van der Waals surface area contributed by atoms with E-state index in [0.29, 0.717) is 12.2 Å². The molecule has 1 saturated heterocycles. The van der Waals surface area contributed by atoms with Crippen molar-refractivity contribution in [2.45, 2.75) is 23.8 Å². The summed E-state index contributed by atoms with van der Waals surface area (Å²) in [6.07, 6.45) is 1.81. The van der Waals surface area contributed by atoms with Gasteiger partial charge in [-0.15, -0.1) is 0 Å². The van der Waals surface area contributed by atoms with Gasteiger partial charge in [0.25, 0.3) is 5.91 Å². The van der Waals surface area contributed by atoms with Gasteiger partial charge in [-0.2, -0.15) is 0 Å². The first-order chi connectivity index (χ1) is 11.0. The Labute approximate surface area is 136 Å². The maximum Gasteiger partial charge on any atom is 0.251 e. The average molecular weight is 341 g/mol. The summed E-state index contributed by atoms with van der Waals surface area (Å²) in [6.45, 7) is 2.30. The van der Waals surface area contributed by atoms with Gasteiger partial charge < -0.3 is 15.4 Å². The molecule has 23 heavy (non-hydrogen) atoms. The summed E-state index contributed by atoms with van der Waals surface area (Å²) in [5.41, 5.74) is 0.458. The van der Waals surface area contributed by atoms with Crippen LogP contribution in [-0.4, -0.2) is 53.7 Å². The predicted octanol–water partition coefficient (Wildman–Crippen LogP) is 0.0931. The quantitative estimate of drug-likeness (QED) is 0.611. The van der Waals surface area contributed by atoms with Crippen molar-refractivity contribution in [1.29, 1.82) is 0 Å². The molecular weight excluding hydrogens is 318 g/mol. The standard InChI is InChI=1S/C15H23N3O4S/c1-22-11-10-17-23(20,21)14-4-2-12(3-5-14)15(19)18-13-6-8-16-9-7-13/h2-5,13,16-17H,6-11H2,1H3,(H,18,19). The molecule has 0 bridgehead atoms. The summed E-state index contributed by atoms with van der Waals surface area (Å²) in [5, 5.41) is 6.21. The fourth-order valence-corrected chi connectivity index (χ4v) is 3.39. The monoisotopic (exact) mass is 341 g/mol. The molecule has 0 radical (unpaired) electrons. The third-order valence-electron chi connectivity index (χ3n) is 3.70. The molecule has 2 rings (SSSR count). The number of nitrogens with one attached hydrogen (secondary N) is 3. The van der Waals surface area contributed by atoms with Gasteiger partial charge in [-0.1, -0.05) is 0 Å². The van der Waals surface area contributed by atoms with E-state index in [0.717, 1.165) is 25.9 Å². The molecule has 0 aliphatic carbocycles. The first kappa shape index (κ1) is 17.9. The predicted molar refractivity (Wildman–Crippen MR) is 86.9 cm³/mol. The Hall–Kier alpha value is -1.48. The van der Waals surface area contributed by atoms with Crippen molar-refractivity contribution in [1.82, 2.24) is 15.4 Å². The topological polar surface area (TPSA) is 96.5 Å². The Balaban J connectivity index is 1.96. The summed E-state index contributed by atoms with van der Waals surface area (Å²) in [5.74, 6) is -0.173. The van der Waals surface area contributed by atoms with Crippen LogP contribution in [0.3, 0.4) is 0 Å². The maximum atomic E-state index is 12.2. The van der Waals surface area contributed by atoms with Crippen LogP contribution in [0.5, 0.6) is 0 Å². The summed E-state index contributed by atoms with van der Waals surface area (Å²) in [4.78, 5) is 12.3. The van der Waals surface area contributed by atoms with E-state index in [1.54, 1.807) is 0 Å². The fraction of sp³-hybridized carbons (Fsp3) is 0.533. The summed E-state index contributed by atoms with van der Waals surface area (Å²) < 4.78 is 31.3. The fourth-order valence-electron chi connectivity index (χ4n) is 2.38. The molecule has 0 unspecified atom stereocenters. The minimum absolute atomic E-state index is 0.131. The number of carbonyl (C=O) groups is 1. The first-order valence-electron chi connectivity index (χ1n) is 7.63. The molecule has 0 atom stereocenters.